The zero-order valence-electron chi connectivity index (χ0n) is 13.0. The van der Waals surface area contributed by atoms with E-state index in [-0.39, 0.29) is 0 Å². The van der Waals surface area contributed by atoms with Crippen molar-refractivity contribution in [2.75, 3.05) is 14.2 Å². The molecule has 0 aliphatic heterocycles. The van der Waals surface area contributed by atoms with E-state index in [1.165, 1.54) is 14.2 Å². The summed E-state index contributed by atoms with van der Waals surface area (Å²) in [4.78, 5) is 23.3. The first kappa shape index (κ1) is 16.5. The molecule has 2 aromatic carbocycles. The van der Waals surface area contributed by atoms with E-state index in [1.807, 2.05) is 30.3 Å². The van der Waals surface area contributed by atoms with Crippen LogP contribution in [-0.2, 0) is 20.7 Å². The molecule has 23 heavy (non-hydrogen) atoms. The van der Waals surface area contributed by atoms with Gasteiger partial charge in [0.05, 0.1) is 19.8 Å². The molecule has 0 N–H and O–H groups in total. The third-order valence-corrected chi connectivity index (χ3v) is 3.28. The van der Waals surface area contributed by atoms with Gasteiger partial charge < -0.3 is 14.2 Å². The van der Waals surface area contributed by atoms with Gasteiger partial charge in [0.1, 0.15) is 5.75 Å². The number of carbonyl (C=O) groups is 2. The first-order valence-corrected chi connectivity index (χ1v) is 7.11. The SMILES string of the molecule is COC(=O)c1ccc(OC(Cc2ccccc2)C(=O)OC)cc1. The molecule has 1 unspecified atom stereocenters. The Morgan fingerprint density at radius 1 is 0.913 bits per heavy atom. The van der Waals surface area contributed by atoms with Crippen molar-refractivity contribution >= 4 is 11.9 Å². The topological polar surface area (TPSA) is 61.8 Å². The maximum absolute atomic E-state index is 11.9. The summed E-state index contributed by atoms with van der Waals surface area (Å²) in [5.74, 6) is -0.403. The monoisotopic (exact) mass is 314 g/mol. The summed E-state index contributed by atoms with van der Waals surface area (Å²) in [5, 5.41) is 0. The van der Waals surface area contributed by atoms with E-state index >= 15 is 0 Å². The Kier molecular flexibility index (Phi) is 5.74. The molecule has 0 saturated heterocycles. The Hall–Kier alpha value is -2.82. The number of rotatable bonds is 6. The van der Waals surface area contributed by atoms with Crippen molar-refractivity contribution < 1.29 is 23.8 Å². The molecule has 120 valence electrons. The predicted molar refractivity (Wildman–Crippen MR) is 84.4 cm³/mol. The van der Waals surface area contributed by atoms with Crippen molar-refractivity contribution in [1.29, 1.82) is 0 Å². The molecule has 5 heteroatoms. The van der Waals surface area contributed by atoms with E-state index in [1.54, 1.807) is 24.3 Å². The van der Waals surface area contributed by atoms with Crippen LogP contribution in [0.5, 0.6) is 5.75 Å². The summed E-state index contributed by atoms with van der Waals surface area (Å²) in [6.07, 6.45) is -0.363. The molecule has 0 spiro atoms. The lowest BCUT2D eigenvalue weighted by molar-refractivity contribution is -0.148. The van der Waals surface area contributed by atoms with E-state index in [2.05, 4.69) is 4.74 Å². The van der Waals surface area contributed by atoms with Crippen molar-refractivity contribution in [3.05, 3.63) is 65.7 Å². The van der Waals surface area contributed by atoms with Crippen LogP contribution < -0.4 is 4.74 Å². The van der Waals surface area contributed by atoms with Crippen LogP contribution in [0, 0.1) is 0 Å². The van der Waals surface area contributed by atoms with Crippen molar-refractivity contribution in [3.63, 3.8) is 0 Å². The highest BCUT2D eigenvalue weighted by Gasteiger charge is 2.22. The first-order chi connectivity index (χ1) is 11.1. The van der Waals surface area contributed by atoms with E-state index in [4.69, 9.17) is 9.47 Å². The van der Waals surface area contributed by atoms with Crippen LogP contribution in [0.3, 0.4) is 0 Å². The van der Waals surface area contributed by atoms with Crippen LogP contribution in [0.4, 0.5) is 0 Å². The van der Waals surface area contributed by atoms with E-state index in [0.29, 0.717) is 17.7 Å². The maximum atomic E-state index is 11.9. The van der Waals surface area contributed by atoms with Gasteiger partial charge in [0, 0.05) is 6.42 Å². The smallest absolute Gasteiger partial charge is 0.347 e. The highest BCUT2D eigenvalue weighted by atomic mass is 16.6. The molecule has 1 atom stereocenters. The highest BCUT2D eigenvalue weighted by Crippen LogP contribution is 2.17. The van der Waals surface area contributed by atoms with Crippen LogP contribution in [-0.4, -0.2) is 32.3 Å². The molecule has 0 amide bonds. The largest absolute Gasteiger partial charge is 0.478 e. The first-order valence-electron chi connectivity index (χ1n) is 7.11. The Morgan fingerprint density at radius 3 is 2.13 bits per heavy atom. The van der Waals surface area contributed by atoms with Crippen LogP contribution in [0.1, 0.15) is 15.9 Å². The Bertz CT molecular complexity index is 649. The molecule has 0 fully saturated rings. The minimum absolute atomic E-state index is 0.395. The molecule has 0 aromatic heterocycles. The maximum Gasteiger partial charge on any atom is 0.347 e. The van der Waals surface area contributed by atoms with Gasteiger partial charge in [0.15, 0.2) is 6.10 Å². The lowest BCUT2D eigenvalue weighted by atomic mass is 10.1. The molecule has 5 nitrogen and oxygen atoms in total. The average molecular weight is 314 g/mol. The van der Waals surface area contributed by atoms with Crippen molar-refractivity contribution in [1.82, 2.24) is 0 Å². The molecule has 2 aromatic rings. The van der Waals surface area contributed by atoms with E-state index < -0.39 is 18.0 Å². The summed E-state index contributed by atoms with van der Waals surface area (Å²) in [6, 6.07) is 15.9. The van der Waals surface area contributed by atoms with Gasteiger partial charge in [-0.15, -0.1) is 0 Å². The van der Waals surface area contributed by atoms with Crippen LogP contribution in [0.25, 0.3) is 0 Å². The molecule has 0 heterocycles. The predicted octanol–water partition coefficient (Wildman–Crippen LogP) is 2.64. The number of ether oxygens (including phenoxy) is 3. The van der Waals surface area contributed by atoms with Gasteiger partial charge in [-0.25, -0.2) is 9.59 Å². The van der Waals surface area contributed by atoms with Gasteiger partial charge in [-0.1, -0.05) is 30.3 Å². The quantitative estimate of drug-likeness (QED) is 0.767. The third kappa shape index (κ3) is 4.57. The number of methoxy groups -OCH3 is 2. The number of hydrogen-bond acceptors (Lipinski definition) is 5. The number of benzene rings is 2. The van der Waals surface area contributed by atoms with Gasteiger partial charge in [0.25, 0.3) is 0 Å². The molecular weight excluding hydrogens is 296 g/mol. The lowest BCUT2D eigenvalue weighted by Crippen LogP contribution is -2.30. The second-order valence-electron chi connectivity index (χ2n) is 4.84. The third-order valence-electron chi connectivity index (χ3n) is 3.28. The second-order valence-corrected chi connectivity index (χ2v) is 4.84. The summed E-state index contributed by atoms with van der Waals surface area (Å²) in [5.41, 5.74) is 1.38. The molecule has 0 aliphatic rings. The van der Waals surface area contributed by atoms with E-state index in [0.717, 1.165) is 5.56 Å². The number of hydrogen-bond donors (Lipinski definition) is 0. The fourth-order valence-corrected chi connectivity index (χ4v) is 2.08. The normalized spacial score (nSPS) is 11.4. The fourth-order valence-electron chi connectivity index (χ4n) is 2.08. The summed E-state index contributed by atoms with van der Waals surface area (Å²) >= 11 is 0. The summed E-state index contributed by atoms with van der Waals surface area (Å²) in [7, 11) is 2.64. The molecular formula is C18H18O5. The average Bonchev–Trinajstić information content (AvgIpc) is 2.61. The van der Waals surface area contributed by atoms with Gasteiger partial charge in [-0.2, -0.15) is 0 Å². The molecule has 0 bridgehead atoms. The Labute approximate surface area is 134 Å². The van der Waals surface area contributed by atoms with E-state index in [9.17, 15) is 9.59 Å². The Balaban J connectivity index is 2.11. The van der Waals surface area contributed by atoms with Crippen LogP contribution in [0.2, 0.25) is 0 Å². The molecule has 0 saturated carbocycles. The van der Waals surface area contributed by atoms with Crippen LogP contribution >= 0.6 is 0 Å². The zero-order valence-corrected chi connectivity index (χ0v) is 13.0. The van der Waals surface area contributed by atoms with Crippen molar-refractivity contribution in [2.45, 2.75) is 12.5 Å². The number of carbonyl (C=O) groups excluding carboxylic acids is 2. The van der Waals surface area contributed by atoms with Crippen molar-refractivity contribution in [2.24, 2.45) is 0 Å². The second kappa shape index (κ2) is 7.98. The molecule has 2 rings (SSSR count). The highest BCUT2D eigenvalue weighted by molar-refractivity contribution is 5.89. The van der Waals surface area contributed by atoms with Gasteiger partial charge in [0.2, 0.25) is 0 Å². The standard InChI is InChI=1S/C18H18O5/c1-21-17(19)14-8-10-15(11-9-14)23-16(18(20)22-2)12-13-6-4-3-5-7-13/h3-11,16H,12H2,1-2H3. The minimum Gasteiger partial charge on any atom is -0.478 e. The number of esters is 2. The summed E-state index contributed by atoms with van der Waals surface area (Å²) in [6.45, 7) is 0. The van der Waals surface area contributed by atoms with Gasteiger partial charge in [-0.05, 0) is 29.8 Å². The van der Waals surface area contributed by atoms with Gasteiger partial charge >= 0.3 is 11.9 Å². The molecule has 0 radical (unpaired) electrons. The zero-order chi connectivity index (χ0) is 16.7. The summed E-state index contributed by atoms with van der Waals surface area (Å²) < 4.78 is 15.1. The Morgan fingerprint density at radius 2 is 1.57 bits per heavy atom. The van der Waals surface area contributed by atoms with Crippen molar-refractivity contribution in [3.8, 4) is 5.75 Å². The van der Waals surface area contributed by atoms with Gasteiger partial charge in [-0.3, -0.25) is 0 Å². The fraction of sp³-hybridized carbons (Fsp3) is 0.222. The van der Waals surface area contributed by atoms with Crippen LogP contribution in [0.15, 0.2) is 54.6 Å². The minimum atomic E-state index is -0.758. The molecule has 0 aliphatic carbocycles. The lowest BCUT2D eigenvalue weighted by Gasteiger charge is -2.17.